The average Bonchev–Trinajstić information content (AvgIpc) is 2.61. The second-order valence-corrected chi connectivity index (χ2v) is 6.49. The van der Waals surface area contributed by atoms with Gasteiger partial charge in [-0.1, -0.05) is 65.8 Å². The molecule has 4 rings (SSSR count). The summed E-state index contributed by atoms with van der Waals surface area (Å²) in [4.78, 5) is 23.9. The van der Waals surface area contributed by atoms with Crippen molar-refractivity contribution in [3.8, 4) is 11.3 Å². The van der Waals surface area contributed by atoms with E-state index in [-0.39, 0.29) is 5.56 Å². The largest absolute Gasteiger partial charge is 0.301 e. The maximum atomic E-state index is 12.2. The van der Waals surface area contributed by atoms with E-state index in [0.717, 1.165) is 16.3 Å². The van der Waals surface area contributed by atoms with Crippen LogP contribution in [0.5, 0.6) is 0 Å². The highest BCUT2D eigenvalue weighted by Gasteiger charge is 2.13. The SMILES string of the molecule is CSc1nc2nc(-c3cccc4ccccc34)c(Cl)cc2c(=O)[nH]1. The predicted octanol–water partition coefficient (Wildman–Crippen LogP) is 4.51. The van der Waals surface area contributed by atoms with Crippen molar-refractivity contribution in [1.82, 2.24) is 15.0 Å². The van der Waals surface area contributed by atoms with Gasteiger partial charge in [0.05, 0.1) is 16.1 Å². The van der Waals surface area contributed by atoms with Gasteiger partial charge in [-0.05, 0) is 23.1 Å². The maximum absolute atomic E-state index is 12.2. The molecule has 0 radical (unpaired) electrons. The molecule has 4 nitrogen and oxygen atoms in total. The molecule has 24 heavy (non-hydrogen) atoms. The molecule has 0 bridgehead atoms. The molecule has 0 aliphatic rings. The Morgan fingerprint density at radius 1 is 1.04 bits per heavy atom. The summed E-state index contributed by atoms with van der Waals surface area (Å²) in [5.41, 5.74) is 1.72. The molecule has 2 aromatic heterocycles. The summed E-state index contributed by atoms with van der Waals surface area (Å²) in [5, 5.41) is 3.52. The van der Waals surface area contributed by atoms with Crippen LogP contribution in [0.3, 0.4) is 0 Å². The van der Waals surface area contributed by atoms with E-state index < -0.39 is 0 Å². The van der Waals surface area contributed by atoms with Gasteiger partial charge in [0.2, 0.25) is 0 Å². The molecule has 2 aromatic carbocycles. The van der Waals surface area contributed by atoms with Crippen LogP contribution in [0.15, 0.2) is 58.5 Å². The van der Waals surface area contributed by atoms with Crippen molar-refractivity contribution in [3.63, 3.8) is 0 Å². The minimum absolute atomic E-state index is 0.233. The third-order valence-electron chi connectivity index (χ3n) is 3.87. The van der Waals surface area contributed by atoms with Crippen molar-refractivity contribution < 1.29 is 0 Å². The molecule has 118 valence electrons. The number of hydrogen-bond donors (Lipinski definition) is 1. The van der Waals surface area contributed by atoms with Crippen molar-refractivity contribution in [1.29, 1.82) is 0 Å². The molecule has 0 aliphatic heterocycles. The third-order valence-corrected chi connectivity index (χ3v) is 4.73. The molecule has 0 aliphatic carbocycles. The van der Waals surface area contributed by atoms with Gasteiger partial charge < -0.3 is 4.98 Å². The molecule has 0 saturated heterocycles. The first kappa shape index (κ1) is 15.2. The normalized spacial score (nSPS) is 11.2. The van der Waals surface area contributed by atoms with Crippen LogP contribution in [0.25, 0.3) is 33.1 Å². The number of aromatic nitrogens is 3. The van der Waals surface area contributed by atoms with Gasteiger partial charge in [0.15, 0.2) is 10.8 Å². The maximum Gasteiger partial charge on any atom is 0.261 e. The summed E-state index contributed by atoms with van der Waals surface area (Å²) < 4.78 is 0. The highest BCUT2D eigenvalue weighted by atomic mass is 35.5. The van der Waals surface area contributed by atoms with Crippen LogP contribution in [0.1, 0.15) is 0 Å². The molecule has 0 atom stereocenters. The lowest BCUT2D eigenvalue weighted by Gasteiger charge is -2.09. The van der Waals surface area contributed by atoms with E-state index in [1.54, 1.807) is 6.07 Å². The molecule has 0 saturated carbocycles. The molecular formula is C18H12ClN3OS. The van der Waals surface area contributed by atoms with Gasteiger partial charge in [-0.15, -0.1) is 0 Å². The van der Waals surface area contributed by atoms with Crippen LogP contribution in [-0.4, -0.2) is 21.2 Å². The van der Waals surface area contributed by atoms with Gasteiger partial charge >= 0.3 is 0 Å². The average molecular weight is 354 g/mol. The van der Waals surface area contributed by atoms with Crippen molar-refractivity contribution in [2.75, 3.05) is 6.26 Å². The quantitative estimate of drug-likeness (QED) is 0.425. The lowest BCUT2D eigenvalue weighted by atomic mass is 10.0. The Kier molecular flexibility index (Phi) is 3.75. The minimum Gasteiger partial charge on any atom is -0.301 e. The molecule has 2 heterocycles. The summed E-state index contributed by atoms with van der Waals surface area (Å²) in [7, 11) is 0. The molecule has 0 unspecified atom stereocenters. The van der Waals surface area contributed by atoms with Crippen molar-refractivity contribution in [3.05, 3.63) is 63.9 Å². The second-order valence-electron chi connectivity index (χ2n) is 5.29. The summed E-state index contributed by atoms with van der Waals surface area (Å²) in [6.07, 6.45) is 1.85. The monoisotopic (exact) mass is 353 g/mol. The Morgan fingerprint density at radius 2 is 1.83 bits per heavy atom. The molecule has 4 aromatic rings. The van der Waals surface area contributed by atoms with Crippen LogP contribution < -0.4 is 5.56 Å². The molecule has 6 heteroatoms. The molecule has 0 fully saturated rings. The lowest BCUT2D eigenvalue weighted by Crippen LogP contribution is -2.10. The van der Waals surface area contributed by atoms with Gasteiger partial charge in [0.1, 0.15) is 0 Å². The fraction of sp³-hybridized carbons (Fsp3) is 0.0556. The number of benzene rings is 2. The van der Waals surface area contributed by atoms with Crippen molar-refractivity contribution >= 4 is 45.2 Å². The fourth-order valence-electron chi connectivity index (χ4n) is 2.74. The van der Waals surface area contributed by atoms with Gasteiger partial charge in [-0.2, -0.15) is 0 Å². The summed E-state index contributed by atoms with van der Waals surface area (Å²) in [6.45, 7) is 0. The number of pyridine rings is 1. The number of rotatable bonds is 2. The zero-order chi connectivity index (χ0) is 16.7. The van der Waals surface area contributed by atoms with Crippen LogP contribution in [0.2, 0.25) is 5.02 Å². The first-order valence-electron chi connectivity index (χ1n) is 7.30. The number of aromatic amines is 1. The first-order chi connectivity index (χ1) is 11.7. The zero-order valence-corrected chi connectivity index (χ0v) is 14.3. The van der Waals surface area contributed by atoms with E-state index in [2.05, 4.69) is 15.0 Å². The van der Waals surface area contributed by atoms with Gasteiger partial charge in [0.25, 0.3) is 5.56 Å². The van der Waals surface area contributed by atoms with Gasteiger partial charge in [-0.3, -0.25) is 4.79 Å². The van der Waals surface area contributed by atoms with Crippen LogP contribution >= 0.6 is 23.4 Å². The molecule has 1 N–H and O–H groups in total. The van der Waals surface area contributed by atoms with E-state index in [1.165, 1.54) is 11.8 Å². The number of hydrogen-bond acceptors (Lipinski definition) is 4. The van der Waals surface area contributed by atoms with Gasteiger partial charge in [0, 0.05) is 5.56 Å². The Morgan fingerprint density at radius 3 is 2.67 bits per heavy atom. The Bertz CT molecular complexity index is 1130. The molecule has 0 amide bonds. The predicted molar refractivity (Wildman–Crippen MR) is 99.9 cm³/mol. The Labute approximate surface area is 146 Å². The number of nitrogens with zero attached hydrogens (tertiary/aromatic N) is 2. The number of H-pyrrole nitrogens is 1. The van der Waals surface area contributed by atoms with Crippen molar-refractivity contribution in [2.24, 2.45) is 0 Å². The smallest absolute Gasteiger partial charge is 0.261 e. The minimum atomic E-state index is -0.233. The van der Waals surface area contributed by atoms with E-state index in [1.807, 2.05) is 48.7 Å². The molecular weight excluding hydrogens is 342 g/mol. The van der Waals surface area contributed by atoms with E-state index in [9.17, 15) is 4.79 Å². The summed E-state index contributed by atoms with van der Waals surface area (Å²) >= 11 is 7.80. The highest BCUT2D eigenvalue weighted by Crippen LogP contribution is 2.33. The second kappa shape index (κ2) is 5.92. The fourth-order valence-corrected chi connectivity index (χ4v) is 3.36. The van der Waals surface area contributed by atoms with E-state index in [0.29, 0.717) is 26.9 Å². The number of nitrogens with one attached hydrogen (secondary N) is 1. The van der Waals surface area contributed by atoms with Crippen LogP contribution in [0.4, 0.5) is 0 Å². The Balaban J connectivity index is 2.06. The van der Waals surface area contributed by atoms with E-state index in [4.69, 9.17) is 11.6 Å². The van der Waals surface area contributed by atoms with Gasteiger partial charge in [-0.25, -0.2) is 9.97 Å². The number of fused-ring (bicyclic) bond motifs is 2. The molecule has 0 spiro atoms. The van der Waals surface area contributed by atoms with Crippen LogP contribution in [-0.2, 0) is 0 Å². The first-order valence-corrected chi connectivity index (χ1v) is 8.90. The topological polar surface area (TPSA) is 58.6 Å². The highest BCUT2D eigenvalue weighted by molar-refractivity contribution is 7.98. The van der Waals surface area contributed by atoms with E-state index >= 15 is 0 Å². The number of halogens is 1. The summed E-state index contributed by atoms with van der Waals surface area (Å²) in [5.74, 6) is 0. The Hall–Kier alpha value is -2.37. The summed E-state index contributed by atoms with van der Waals surface area (Å²) in [6, 6.07) is 15.7. The standard InChI is InChI=1S/C18H12ClN3OS/c1-24-18-21-16-13(17(23)22-18)9-14(19)15(20-16)12-8-4-6-10-5-2-3-7-11(10)12/h2-9H,1H3,(H,20,21,22,23). The van der Waals surface area contributed by atoms with Crippen LogP contribution in [0, 0.1) is 0 Å². The lowest BCUT2D eigenvalue weighted by molar-refractivity contribution is 0.965. The van der Waals surface area contributed by atoms with Crippen molar-refractivity contribution in [2.45, 2.75) is 5.16 Å². The third kappa shape index (κ3) is 2.46. The number of thioether (sulfide) groups is 1. The zero-order valence-electron chi connectivity index (χ0n) is 12.7.